The molecule has 7 nitrogen and oxygen atoms in total. The molecule has 2 saturated heterocycles. The van der Waals surface area contributed by atoms with E-state index in [0.29, 0.717) is 28.3 Å². The van der Waals surface area contributed by atoms with Gasteiger partial charge in [0.1, 0.15) is 5.54 Å². The number of benzene rings is 2. The summed E-state index contributed by atoms with van der Waals surface area (Å²) in [6, 6.07) is 12.3. The largest absolute Gasteiger partial charge is 0.392 e. The molecule has 2 fully saturated rings. The molecule has 5 atom stereocenters. The molecule has 1 spiro atoms. The Morgan fingerprint density at radius 3 is 2.53 bits per heavy atom. The average molecular weight is 454 g/mol. The lowest BCUT2D eigenvalue weighted by atomic mass is 9.76. The molecule has 0 aromatic heterocycles. The topological polar surface area (TPSA) is 98.7 Å². The molecule has 0 bridgehead atoms. The van der Waals surface area contributed by atoms with Crippen LogP contribution in [-0.4, -0.2) is 46.4 Å². The van der Waals surface area contributed by atoms with Crippen molar-refractivity contribution in [2.45, 2.75) is 38.0 Å². The average Bonchev–Trinajstić information content (AvgIpc) is 3.36. The first-order valence-electron chi connectivity index (χ1n) is 10.7. The lowest BCUT2D eigenvalue weighted by Crippen LogP contribution is -2.55. The number of hydrogen-bond acceptors (Lipinski definition) is 5. The van der Waals surface area contributed by atoms with Gasteiger partial charge in [-0.1, -0.05) is 48.0 Å². The van der Waals surface area contributed by atoms with Crippen molar-refractivity contribution in [3.63, 3.8) is 0 Å². The lowest BCUT2D eigenvalue weighted by Gasteiger charge is -2.30. The van der Waals surface area contributed by atoms with Gasteiger partial charge in [-0.15, -0.1) is 0 Å². The number of aliphatic hydroxyl groups excluding tert-OH is 1. The summed E-state index contributed by atoms with van der Waals surface area (Å²) in [5, 5.41) is 17.0. The molecule has 8 heteroatoms. The lowest BCUT2D eigenvalue weighted by molar-refractivity contribution is -0.143. The second-order valence-corrected chi connectivity index (χ2v) is 9.24. The highest BCUT2D eigenvalue weighted by Crippen LogP contribution is 2.54. The van der Waals surface area contributed by atoms with Gasteiger partial charge in [-0.25, -0.2) is 0 Å². The summed E-state index contributed by atoms with van der Waals surface area (Å²) in [7, 11) is 0. The first kappa shape index (κ1) is 21.1. The van der Waals surface area contributed by atoms with Gasteiger partial charge in [0, 0.05) is 23.2 Å². The molecule has 3 heterocycles. The number of halogens is 1. The van der Waals surface area contributed by atoms with Crippen LogP contribution in [-0.2, 0) is 26.3 Å². The number of carbonyl (C=O) groups excluding carboxylic acids is 3. The number of imide groups is 1. The van der Waals surface area contributed by atoms with Crippen molar-refractivity contribution in [3.05, 3.63) is 64.2 Å². The van der Waals surface area contributed by atoms with Crippen molar-refractivity contribution in [1.29, 1.82) is 0 Å². The monoisotopic (exact) mass is 453 g/mol. The zero-order chi connectivity index (χ0) is 22.8. The summed E-state index contributed by atoms with van der Waals surface area (Å²) in [6.45, 7) is 3.59. The molecule has 0 aliphatic carbocycles. The van der Waals surface area contributed by atoms with Crippen molar-refractivity contribution < 1.29 is 19.5 Å². The normalized spacial score (nSPS) is 29.4. The summed E-state index contributed by atoms with van der Waals surface area (Å²) < 4.78 is 0. The number of nitrogens with zero attached hydrogens (tertiary/aromatic N) is 1. The minimum absolute atomic E-state index is 0.228. The van der Waals surface area contributed by atoms with E-state index in [0.717, 1.165) is 5.56 Å². The molecule has 32 heavy (non-hydrogen) atoms. The van der Waals surface area contributed by atoms with Crippen molar-refractivity contribution in [3.8, 4) is 0 Å². The molecule has 0 radical (unpaired) electrons. The summed E-state index contributed by atoms with van der Waals surface area (Å²) in [5.74, 6) is -2.90. The van der Waals surface area contributed by atoms with Crippen LogP contribution in [0.15, 0.2) is 42.5 Å². The zero-order valence-corrected chi connectivity index (χ0v) is 18.5. The van der Waals surface area contributed by atoms with Gasteiger partial charge in [0.05, 0.1) is 23.6 Å². The Labute approximate surface area is 190 Å². The first-order chi connectivity index (χ1) is 15.3. The van der Waals surface area contributed by atoms with Gasteiger partial charge < -0.3 is 10.4 Å². The Balaban J connectivity index is 1.57. The van der Waals surface area contributed by atoms with E-state index < -0.39 is 35.4 Å². The number of fused-ring (bicyclic) bond motifs is 4. The van der Waals surface area contributed by atoms with E-state index in [-0.39, 0.29) is 18.4 Å². The van der Waals surface area contributed by atoms with Gasteiger partial charge in [-0.05, 0) is 37.5 Å². The maximum absolute atomic E-state index is 13.6. The van der Waals surface area contributed by atoms with Gasteiger partial charge in [-0.3, -0.25) is 24.6 Å². The molecule has 166 valence electrons. The molecule has 3 aliphatic heterocycles. The third-order valence-corrected chi connectivity index (χ3v) is 7.51. The number of hydrogen-bond donors (Lipinski definition) is 3. The van der Waals surface area contributed by atoms with E-state index in [2.05, 4.69) is 10.6 Å². The van der Waals surface area contributed by atoms with Crippen LogP contribution in [0.1, 0.15) is 23.6 Å². The molecule has 2 aromatic carbocycles. The van der Waals surface area contributed by atoms with Crippen molar-refractivity contribution in [2.75, 3.05) is 11.9 Å². The van der Waals surface area contributed by atoms with Crippen molar-refractivity contribution in [1.82, 2.24) is 10.2 Å². The highest BCUT2D eigenvalue weighted by Gasteiger charge is 2.71. The molecule has 5 rings (SSSR count). The Morgan fingerprint density at radius 1 is 1.12 bits per heavy atom. The van der Waals surface area contributed by atoms with E-state index in [9.17, 15) is 19.5 Å². The predicted octanol–water partition coefficient (Wildman–Crippen LogP) is 1.99. The zero-order valence-electron chi connectivity index (χ0n) is 17.8. The van der Waals surface area contributed by atoms with Crippen molar-refractivity contribution >= 4 is 35.0 Å². The Morgan fingerprint density at radius 2 is 1.84 bits per heavy atom. The minimum Gasteiger partial charge on any atom is -0.392 e. The maximum atomic E-state index is 13.6. The summed E-state index contributed by atoms with van der Waals surface area (Å²) in [4.78, 5) is 41.7. The molecule has 3 aliphatic rings. The molecular formula is C24H24ClN3O4. The molecule has 3 amide bonds. The third-order valence-electron chi connectivity index (χ3n) is 7.10. The standard InChI is InChI=1S/C24H24ClN3O4/c1-12-16(25)9-8-15-19(12)26-23(32)24(15)18-17(20(27-24)13(2)29)21(30)28(22(18)31)11-10-14-6-4-3-5-7-14/h3-9,13,17-18,20,27,29H,10-11H2,1-2H3,(H,26,32)/t13-,17+,18+,20-,24-/m1/s1. The quantitative estimate of drug-likeness (QED) is 0.615. The highest BCUT2D eigenvalue weighted by atomic mass is 35.5. The second kappa shape index (κ2) is 7.40. The van der Waals surface area contributed by atoms with Crippen LogP contribution >= 0.6 is 11.6 Å². The van der Waals surface area contributed by atoms with Gasteiger partial charge in [0.25, 0.3) is 0 Å². The van der Waals surface area contributed by atoms with E-state index in [1.807, 2.05) is 30.3 Å². The smallest absolute Gasteiger partial charge is 0.250 e. The molecule has 0 unspecified atom stereocenters. The van der Waals surface area contributed by atoms with Crippen LogP contribution in [0.5, 0.6) is 0 Å². The molecule has 2 aromatic rings. The van der Waals surface area contributed by atoms with E-state index in [4.69, 9.17) is 11.6 Å². The van der Waals surface area contributed by atoms with Crippen LogP contribution in [0.4, 0.5) is 5.69 Å². The Bertz CT molecular complexity index is 1140. The van der Waals surface area contributed by atoms with Crippen LogP contribution in [0.25, 0.3) is 0 Å². The number of rotatable bonds is 4. The van der Waals surface area contributed by atoms with Crippen LogP contribution in [0, 0.1) is 18.8 Å². The van der Waals surface area contributed by atoms with Crippen molar-refractivity contribution in [2.24, 2.45) is 11.8 Å². The Hall–Kier alpha value is -2.74. The molecular weight excluding hydrogens is 430 g/mol. The van der Waals surface area contributed by atoms with Gasteiger partial charge in [-0.2, -0.15) is 0 Å². The fraction of sp³-hybridized carbons (Fsp3) is 0.375. The predicted molar refractivity (Wildman–Crippen MR) is 119 cm³/mol. The number of anilines is 1. The molecule has 0 saturated carbocycles. The number of aliphatic hydroxyl groups is 1. The highest BCUT2D eigenvalue weighted by molar-refractivity contribution is 6.32. The summed E-state index contributed by atoms with van der Waals surface area (Å²) in [6.07, 6.45) is -0.410. The number of nitrogens with one attached hydrogen (secondary N) is 2. The van der Waals surface area contributed by atoms with E-state index in [1.54, 1.807) is 26.0 Å². The van der Waals surface area contributed by atoms with Gasteiger partial charge >= 0.3 is 0 Å². The van der Waals surface area contributed by atoms with Gasteiger partial charge in [0.2, 0.25) is 17.7 Å². The van der Waals surface area contributed by atoms with E-state index in [1.165, 1.54) is 4.90 Å². The number of likely N-dealkylation sites (tertiary alicyclic amines) is 1. The third kappa shape index (κ3) is 2.78. The number of carbonyl (C=O) groups is 3. The van der Waals surface area contributed by atoms with Crippen LogP contribution in [0.3, 0.4) is 0 Å². The minimum atomic E-state index is -1.43. The van der Waals surface area contributed by atoms with Crippen LogP contribution < -0.4 is 10.6 Å². The van der Waals surface area contributed by atoms with Gasteiger partial charge in [0.15, 0.2) is 0 Å². The van der Waals surface area contributed by atoms with E-state index >= 15 is 0 Å². The summed E-state index contributed by atoms with van der Waals surface area (Å²) in [5.41, 5.74) is 1.44. The molecule has 3 N–H and O–H groups in total. The second-order valence-electron chi connectivity index (χ2n) is 8.83. The summed E-state index contributed by atoms with van der Waals surface area (Å²) >= 11 is 6.26. The Kier molecular flexibility index (Phi) is 4.89. The maximum Gasteiger partial charge on any atom is 0.250 e. The first-order valence-corrected chi connectivity index (χ1v) is 11.1. The number of amides is 3. The SMILES string of the molecule is Cc1c(Cl)ccc2c1NC(=O)[C@@]21N[C@H]([C@@H](C)O)[C@H]2C(=O)N(CCc3ccccc3)C(=O)[C@H]21. The fourth-order valence-corrected chi connectivity index (χ4v) is 5.66. The van der Waals surface area contributed by atoms with Crippen LogP contribution in [0.2, 0.25) is 5.02 Å². The fourth-order valence-electron chi connectivity index (χ4n) is 5.50.